The lowest BCUT2D eigenvalue weighted by molar-refractivity contribution is -0.121. The summed E-state index contributed by atoms with van der Waals surface area (Å²) in [5, 5.41) is 6.38. The lowest BCUT2D eigenvalue weighted by atomic mass is 9.93. The van der Waals surface area contributed by atoms with E-state index >= 15 is 0 Å². The van der Waals surface area contributed by atoms with Crippen molar-refractivity contribution in [2.45, 2.75) is 53.0 Å². The smallest absolute Gasteiger partial charge is 0.220 e. The van der Waals surface area contributed by atoms with Crippen LogP contribution in [-0.2, 0) is 4.79 Å². The van der Waals surface area contributed by atoms with E-state index in [2.05, 4.69) is 48.2 Å². The maximum atomic E-state index is 11.5. The molecule has 1 aliphatic carbocycles. The van der Waals surface area contributed by atoms with Gasteiger partial charge in [0.15, 0.2) is 5.96 Å². The molecule has 23 heavy (non-hydrogen) atoms. The molecule has 2 fully saturated rings. The highest BCUT2D eigenvalue weighted by Crippen LogP contribution is 2.62. The number of aliphatic imine (C=N–C) groups is 1. The van der Waals surface area contributed by atoms with Gasteiger partial charge in [-0.2, -0.15) is 0 Å². The molecule has 0 aromatic carbocycles. The van der Waals surface area contributed by atoms with E-state index in [-0.39, 0.29) is 29.9 Å². The molecule has 0 radical (unpaired) electrons. The second kappa shape index (κ2) is 7.57. The molecule has 2 N–H and O–H groups in total. The number of carbonyl (C=O) groups excluding carboxylic acids is 1. The number of piperidine rings is 1. The highest BCUT2D eigenvalue weighted by Gasteiger charge is 2.65. The first-order valence-corrected chi connectivity index (χ1v) is 8.43. The molecule has 0 aromatic rings. The quantitative estimate of drug-likeness (QED) is 0.406. The van der Waals surface area contributed by atoms with E-state index < -0.39 is 0 Å². The summed E-state index contributed by atoms with van der Waals surface area (Å²) in [6.07, 6.45) is 2.77. The number of rotatable bonds is 3. The molecule has 2 rings (SSSR count). The molecule has 0 bridgehead atoms. The Morgan fingerprint density at radius 2 is 1.70 bits per heavy atom. The summed E-state index contributed by atoms with van der Waals surface area (Å²) in [7, 11) is 3.57. The van der Waals surface area contributed by atoms with Crippen LogP contribution in [0.25, 0.3) is 0 Å². The molecule has 1 heterocycles. The summed E-state index contributed by atoms with van der Waals surface area (Å²) in [5.41, 5.74) is 0.612. The van der Waals surface area contributed by atoms with Crippen LogP contribution in [-0.4, -0.2) is 50.0 Å². The lowest BCUT2D eigenvalue weighted by Crippen LogP contribution is -2.47. The zero-order valence-corrected chi connectivity index (χ0v) is 17.7. The van der Waals surface area contributed by atoms with Crippen LogP contribution in [0.5, 0.6) is 0 Å². The Morgan fingerprint density at radius 1 is 1.17 bits per heavy atom. The predicted octanol–water partition coefficient (Wildman–Crippen LogP) is 2.46. The van der Waals surface area contributed by atoms with Gasteiger partial charge in [0.25, 0.3) is 0 Å². The summed E-state index contributed by atoms with van der Waals surface area (Å²) in [6.45, 7) is 11.2. The maximum absolute atomic E-state index is 11.5. The van der Waals surface area contributed by atoms with Crippen LogP contribution in [0.4, 0.5) is 0 Å². The topological polar surface area (TPSA) is 56.7 Å². The fourth-order valence-corrected chi connectivity index (χ4v) is 3.70. The number of carbonyl (C=O) groups is 1. The van der Waals surface area contributed by atoms with Gasteiger partial charge >= 0.3 is 0 Å². The molecular formula is C17H33IN4O. The van der Waals surface area contributed by atoms with Crippen molar-refractivity contribution in [1.82, 2.24) is 15.5 Å². The van der Waals surface area contributed by atoms with Gasteiger partial charge in [-0.25, -0.2) is 0 Å². The van der Waals surface area contributed by atoms with Crippen molar-refractivity contribution in [2.75, 3.05) is 27.2 Å². The molecule has 1 saturated heterocycles. The number of nitrogens with one attached hydrogen (secondary N) is 2. The molecule has 6 heteroatoms. The second-order valence-corrected chi connectivity index (χ2v) is 7.88. The monoisotopic (exact) mass is 436 g/mol. The van der Waals surface area contributed by atoms with Crippen molar-refractivity contribution < 1.29 is 4.79 Å². The molecule has 0 atom stereocenters. The van der Waals surface area contributed by atoms with E-state index in [1.165, 1.54) is 0 Å². The molecule has 1 aliphatic heterocycles. The molecule has 0 unspecified atom stereocenters. The molecule has 1 amide bonds. The number of nitrogens with zero attached hydrogens (tertiary/aromatic N) is 2. The fourth-order valence-electron chi connectivity index (χ4n) is 3.70. The van der Waals surface area contributed by atoms with E-state index in [0.29, 0.717) is 29.2 Å². The van der Waals surface area contributed by atoms with Crippen molar-refractivity contribution in [1.29, 1.82) is 0 Å². The van der Waals surface area contributed by atoms with Gasteiger partial charge in [0, 0.05) is 39.6 Å². The van der Waals surface area contributed by atoms with Crippen LogP contribution in [0, 0.1) is 16.7 Å². The second-order valence-electron chi connectivity index (χ2n) is 7.88. The van der Waals surface area contributed by atoms with Crippen molar-refractivity contribution in [3.8, 4) is 0 Å². The number of halogens is 1. The predicted molar refractivity (Wildman–Crippen MR) is 106 cm³/mol. The van der Waals surface area contributed by atoms with Crippen molar-refractivity contribution in [3.63, 3.8) is 0 Å². The van der Waals surface area contributed by atoms with Gasteiger partial charge in [0.1, 0.15) is 0 Å². The summed E-state index contributed by atoms with van der Waals surface area (Å²) in [6, 6.07) is 0.474. The van der Waals surface area contributed by atoms with Crippen molar-refractivity contribution in [3.05, 3.63) is 0 Å². The Balaban J connectivity index is 0.00000264. The number of amides is 1. The number of guanidine groups is 1. The highest BCUT2D eigenvalue weighted by molar-refractivity contribution is 14.0. The largest absolute Gasteiger partial charge is 0.359 e. The third-order valence-electron chi connectivity index (χ3n) is 6.17. The number of hydrogen-bond acceptors (Lipinski definition) is 2. The third kappa shape index (κ3) is 4.12. The first kappa shape index (κ1) is 20.5. The molecule has 0 aromatic heterocycles. The van der Waals surface area contributed by atoms with Gasteiger partial charge in [-0.1, -0.05) is 27.7 Å². The zero-order chi connectivity index (χ0) is 16.5. The van der Waals surface area contributed by atoms with Crippen LogP contribution < -0.4 is 10.6 Å². The Bertz CT molecular complexity index is 440. The van der Waals surface area contributed by atoms with Gasteiger partial charge in [-0.15, -0.1) is 24.0 Å². The summed E-state index contributed by atoms with van der Waals surface area (Å²) in [4.78, 5) is 18.3. The molecule has 1 saturated carbocycles. The molecule has 5 nitrogen and oxygen atoms in total. The molecular weight excluding hydrogens is 403 g/mol. The third-order valence-corrected chi connectivity index (χ3v) is 6.17. The van der Waals surface area contributed by atoms with Gasteiger partial charge in [-0.3, -0.25) is 9.79 Å². The van der Waals surface area contributed by atoms with E-state index in [0.717, 1.165) is 31.9 Å². The van der Waals surface area contributed by atoms with Crippen LogP contribution in [0.15, 0.2) is 4.99 Å². The minimum atomic E-state index is 0. The van der Waals surface area contributed by atoms with Crippen molar-refractivity contribution in [2.24, 2.45) is 21.7 Å². The van der Waals surface area contributed by atoms with Crippen LogP contribution in [0.1, 0.15) is 47.0 Å². The lowest BCUT2D eigenvalue weighted by Gasteiger charge is -2.34. The van der Waals surface area contributed by atoms with Gasteiger partial charge < -0.3 is 15.5 Å². The average molecular weight is 436 g/mol. The minimum absolute atomic E-state index is 0. The molecule has 2 aliphatic rings. The van der Waals surface area contributed by atoms with Crippen LogP contribution in [0.2, 0.25) is 0 Å². The Hall–Kier alpha value is -0.530. The van der Waals surface area contributed by atoms with Crippen LogP contribution >= 0.6 is 24.0 Å². The van der Waals surface area contributed by atoms with Crippen LogP contribution in [0.3, 0.4) is 0 Å². The maximum Gasteiger partial charge on any atom is 0.220 e. The van der Waals surface area contributed by atoms with Crippen molar-refractivity contribution >= 4 is 35.8 Å². The molecule has 134 valence electrons. The van der Waals surface area contributed by atoms with E-state index in [1.54, 1.807) is 7.05 Å². The van der Waals surface area contributed by atoms with E-state index in [4.69, 9.17) is 0 Å². The Morgan fingerprint density at radius 3 is 2.09 bits per heavy atom. The summed E-state index contributed by atoms with van der Waals surface area (Å²) < 4.78 is 0. The first-order chi connectivity index (χ1) is 10.2. The zero-order valence-electron chi connectivity index (χ0n) is 15.4. The number of likely N-dealkylation sites (tertiary alicyclic amines) is 1. The number of hydrogen-bond donors (Lipinski definition) is 2. The van der Waals surface area contributed by atoms with E-state index in [1.807, 2.05) is 7.05 Å². The van der Waals surface area contributed by atoms with Gasteiger partial charge in [-0.05, 0) is 29.6 Å². The Kier molecular flexibility index (Phi) is 6.75. The fraction of sp³-hybridized carbons (Fsp3) is 0.882. The summed E-state index contributed by atoms with van der Waals surface area (Å²) in [5.74, 6) is 1.67. The minimum Gasteiger partial charge on any atom is -0.359 e. The van der Waals surface area contributed by atoms with Gasteiger partial charge in [0.05, 0.1) is 0 Å². The molecule has 0 spiro atoms. The first-order valence-electron chi connectivity index (χ1n) is 8.43. The average Bonchev–Trinajstić information content (AvgIpc) is 2.87. The normalized spacial score (nSPS) is 23.9. The van der Waals surface area contributed by atoms with E-state index in [9.17, 15) is 4.79 Å². The SMILES string of the molecule is CN=C(NC1C(C)(C)C1(C)C)N1CCC(CC(=O)NC)CC1.I. The standard InChI is InChI=1S/C17H32N4O.HI/c1-16(2)14(17(16,3)4)20-15(19-6)21-9-7-12(8-10-21)11-13(22)18-5;/h12,14H,7-11H2,1-6H3,(H,18,22)(H,19,20);1H. The Labute approximate surface area is 158 Å². The summed E-state index contributed by atoms with van der Waals surface area (Å²) >= 11 is 0. The van der Waals surface area contributed by atoms with Gasteiger partial charge in [0.2, 0.25) is 5.91 Å². The highest BCUT2D eigenvalue weighted by atomic mass is 127.